The lowest BCUT2D eigenvalue weighted by atomic mass is 10.1. The van der Waals surface area contributed by atoms with Crippen molar-refractivity contribution in [1.82, 2.24) is 0 Å². The maximum Gasteiger partial charge on any atom is 0.335 e. The molecule has 25 heteroatoms. The van der Waals surface area contributed by atoms with E-state index in [2.05, 4.69) is 36.0 Å². The molecule has 6 aromatic rings. The van der Waals surface area contributed by atoms with Gasteiger partial charge in [-0.25, -0.2) is 4.79 Å². The van der Waals surface area contributed by atoms with Crippen molar-refractivity contribution < 1.29 is 59.0 Å². The lowest BCUT2D eigenvalue weighted by Gasteiger charge is -2.14. The molecule has 0 aliphatic rings. The molecule has 0 saturated carbocycles. The zero-order valence-corrected chi connectivity index (χ0v) is 32.3. The molecule has 0 aliphatic carbocycles. The normalized spacial score (nSPS) is 12.5. The third-order valence-corrected chi connectivity index (χ3v) is 10.8. The van der Waals surface area contributed by atoms with Crippen molar-refractivity contribution in [3.8, 4) is 11.5 Å². The molecule has 0 fully saturated rings. The van der Waals surface area contributed by atoms with E-state index in [0.717, 1.165) is 18.2 Å². The number of benzene rings is 6. The summed E-state index contributed by atoms with van der Waals surface area (Å²) in [5, 5.41) is 55.3. The van der Waals surface area contributed by atoms with Crippen LogP contribution in [0.15, 0.2) is 142 Å². The second kappa shape index (κ2) is 16.1. The molecule has 0 heterocycles. The molecule has 0 saturated heterocycles. The first-order valence-corrected chi connectivity index (χ1v) is 20.6. The van der Waals surface area contributed by atoms with Gasteiger partial charge in [0.1, 0.15) is 37.5 Å². The Hall–Kier alpha value is -7.42. The number of phenolic OH excluding ortho intramolecular Hbond substituents is 2. The first-order chi connectivity index (χ1) is 28.1. The van der Waals surface area contributed by atoms with E-state index < -0.39 is 84.6 Å². The van der Waals surface area contributed by atoms with Gasteiger partial charge in [0.25, 0.3) is 30.4 Å². The Labute approximate surface area is 338 Å². The van der Waals surface area contributed by atoms with Crippen molar-refractivity contribution in [2.24, 2.45) is 30.7 Å². The number of anilines is 4. The summed E-state index contributed by atoms with van der Waals surface area (Å²) in [6.45, 7) is 0. The molecule has 308 valence electrons. The fourth-order valence-electron chi connectivity index (χ4n) is 5.38. The molecule has 22 nitrogen and oxygen atoms in total. The topological polar surface area (TPSA) is 379 Å². The number of carboxylic acids is 1. The summed E-state index contributed by atoms with van der Waals surface area (Å²) < 4.78 is 105. The summed E-state index contributed by atoms with van der Waals surface area (Å²) in [5.41, 5.74) is 9.94. The third-order valence-electron chi connectivity index (χ3n) is 8.18. The average molecular weight is 878 g/mol. The zero-order chi connectivity index (χ0) is 43.7. The third kappa shape index (κ3) is 9.31. The zero-order valence-electron chi connectivity index (χ0n) is 29.8. The van der Waals surface area contributed by atoms with E-state index in [-0.39, 0.29) is 34.1 Å². The molecule has 0 bridgehead atoms. The molecule has 0 radical (unpaired) electrons. The standard InChI is InChI=1S/C35H27N9O13S3/c36-19-3-11-24(26(45)15-19)42-39-22-8-6-20(7-9-22)38-25-12-10-23(16-27(25)58(49,50)51)41-43-32-28(59(52,53)54)13-18-14-29(60(55,56)57)33(34(46)30(18)31(32)37)44-40-21-4-1-17(2-5-21)35(47)48/h1-16,38,45-46H,36-37H2,(H,47,48)(H,49,50,51)(H,52,53,54)(H,55,56,57). The lowest BCUT2D eigenvalue weighted by molar-refractivity contribution is 0.0696. The van der Waals surface area contributed by atoms with Gasteiger partial charge < -0.3 is 32.1 Å². The number of nitrogens with two attached hydrogens (primary N) is 2. The van der Waals surface area contributed by atoms with E-state index >= 15 is 0 Å². The predicted octanol–water partition coefficient (Wildman–Crippen LogP) is 7.84. The molecule has 6 rings (SSSR count). The monoisotopic (exact) mass is 877 g/mol. The summed E-state index contributed by atoms with van der Waals surface area (Å²) in [6.07, 6.45) is 0. The van der Waals surface area contributed by atoms with Crippen molar-refractivity contribution >= 4 is 104 Å². The van der Waals surface area contributed by atoms with Crippen LogP contribution in [0.25, 0.3) is 10.8 Å². The second-order valence-corrected chi connectivity index (χ2v) is 16.5. The van der Waals surface area contributed by atoms with Crippen molar-refractivity contribution in [1.29, 1.82) is 0 Å². The Morgan fingerprint density at radius 3 is 1.65 bits per heavy atom. The molecule has 0 aromatic heterocycles. The number of aromatic carboxylic acids is 1. The van der Waals surface area contributed by atoms with Crippen LogP contribution in [0.5, 0.6) is 11.5 Å². The molecule has 0 amide bonds. The molecule has 11 N–H and O–H groups in total. The maximum absolute atomic E-state index is 12.5. The van der Waals surface area contributed by atoms with Crippen LogP contribution in [0.2, 0.25) is 0 Å². The Balaban J connectivity index is 1.37. The van der Waals surface area contributed by atoms with Crippen LogP contribution < -0.4 is 16.8 Å². The van der Waals surface area contributed by atoms with Crippen LogP contribution >= 0.6 is 0 Å². The summed E-state index contributed by atoms with van der Waals surface area (Å²) in [7, 11) is -15.5. The number of nitrogen functional groups attached to an aromatic ring is 2. The van der Waals surface area contributed by atoms with E-state index in [0.29, 0.717) is 29.2 Å². The predicted molar refractivity (Wildman–Crippen MR) is 214 cm³/mol. The molecule has 6 aromatic carbocycles. The number of carboxylic acid groups (broad SMARTS) is 1. The number of phenols is 2. The number of aromatic hydroxyl groups is 2. The largest absolute Gasteiger partial charge is 0.506 e. The van der Waals surface area contributed by atoms with E-state index in [1.165, 1.54) is 66.7 Å². The van der Waals surface area contributed by atoms with Crippen LogP contribution in [0.1, 0.15) is 10.4 Å². The van der Waals surface area contributed by atoms with Crippen molar-refractivity contribution in [2.45, 2.75) is 14.7 Å². The Bertz CT molecular complexity index is 3160. The van der Waals surface area contributed by atoms with Gasteiger partial charge in [-0.3, -0.25) is 13.7 Å². The first kappa shape index (κ1) is 42.2. The number of azo groups is 3. The molecule has 0 unspecified atom stereocenters. The highest BCUT2D eigenvalue weighted by Gasteiger charge is 2.28. The van der Waals surface area contributed by atoms with E-state index in [4.69, 9.17) is 16.6 Å². The highest BCUT2D eigenvalue weighted by Crippen LogP contribution is 2.48. The second-order valence-electron chi connectivity index (χ2n) is 12.3. The molecule has 0 atom stereocenters. The van der Waals surface area contributed by atoms with Crippen LogP contribution in [0.4, 0.5) is 56.9 Å². The Morgan fingerprint density at radius 2 is 1.08 bits per heavy atom. The number of fused-ring (bicyclic) bond motifs is 1. The highest BCUT2D eigenvalue weighted by molar-refractivity contribution is 7.86. The quantitative estimate of drug-likeness (QED) is 0.0321. The van der Waals surface area contributed by atoms with Gasteiger partial charge in [-0.15, -0.1) is 15.3 Å². The van der Waals surface area contributed by atoms with E-state index in [1.807, 2.05) is 0 Å². The molecular formula is C35H27N9O13S3. The fourth-order valence-corrected chi connectivity index (χ4v) is 7.38. The summed E-state index contributed by atoms with van der Waals surface area (Å²) in [5.74, 6) is -2.51. The number of rotatable bonds is 12. The van der Waals surface area contributed by atoms with Gasteiger partial charge in [0, 0.05) is 17.4 Å². The number of carbonyl (C=O) groups is 1. The van der Waals surface area contributed by atoms with Gasteiger partial charge in [0.15, 0.2) is 5.75 Å². The summed E-state index contributed by atoms with van der Waals surface area (Å²) in [6, 6.07) is 19.6. The van der Waals surface area contributed by atoms with Gasteiger partial charge in [0.05, 0.1) is 39.4 Å². The van der Waals surface area contributed by atoms with Gasteiger partial charge in [0.2, 0.25) is 0 Å². The summed E-state index contributed by atoms with van der Waals surface area (Å²) >= 11 is 0. The maximum atomic E-state index is 12.5. The highest BCUT2D eigenvalue weighted by atomic mass is 32.2. The fraction of sp³-hybridized carbons (Fsp3) is 0. The Morgan fingerprint density at radius 1 is 0.567 bits per heavy atom. The van der Waals surface area contributed by atoms with Crippen LogP contribution in [0, 0.1) is 0 Å². The van der Waals surface area contributed by atoms with Crippen molar-refractivity contribution in [3.05, 3.63) is 103 Å². The lowest BCUT2D eigenvalue weighted by Crippen LogP contribution is -2.04. The summed E-state index contributed by atoms with van der Waals surface area (Å²) in [4.78, 5) is 8.32. The molecule has 0 spiro atoms. The van der Waals surface area contributed by atoms with Crippen LogP contribution in [-0.2, 0) is 30.4 Å². The Kier molecular flexibility index (Phi) is 11.3. The van der Waals surface area contributed by atoms with Crippen LogP contribution in [0.3, 0.4) is 0 Å². The molecular weight excluding hydrogens is 851 g/mol. The number of nitrogens with one attached hydrogen (secondary N) is 1. The minimum atomic E-state index is -5.26. The van der Waals surface area contributed by atoms with Crippen molar-refractivity contribution in [2.75, 3.05) is 16.8 Å². The smallest absolute Gasteiger partial charge is 0.335 e. The first-order valence-electron chi connectivity index (χ1n) is 16.3. The number of hydrogen-bond donors (Lipinski definition) is 9. The van der Waals surface area contributed by atoms with E-state index in [9.17, 15) is 53.9 Å². The number of nitrogens with zero attached hydrogens (tertiary/aromatic N) is 6. The SMILES string of the molecule is Nc1ccc(N=Nc2ccc(Nc3ccc(N=Nc4c(S(=O)(=O)O)cc5cc(S(=O)(=O)O)c(N=Nc6ccc(C(=O)O)cc6)c(O)c5c4N)cc3S(=O)(=O)O)cc2)c(O)c1. The van der Waals surface area contributed by atoms with E-state index in [1.54, 1.807) is 0 Å². The minimum absolute atomic E-state index is 0.0236. The van der Waals surface area contributed by atoms with Gasteiger partial charge in [-0.2, -0.15) is 40.6 Å². The molecule has 0 aliphatic heterocycles. The average Bonchev–Trinajstić information content (AvgIpc) is 3.16. The van der Waals surface area contributed by atoms with Crippen molar-refractivity contribution in [3.63, 3.8) is 0 Å². The van der Waals surface area contributed by atoms with Gasteiger partial charge in [-0.05, 0) is 96.4 Å². The minimum Gasteiger partial charge on any atom is -0.506 e. The van der Waals surface area contributed by atoms with Crippen LogP contribution in [-0.4, -0.2) is 60.2 Å². The molecule has 60 heavy (non-hydrogen) atoms. The van der Waals surface area contributed by atoms with Gasteiger partial charge >= 0.3 is 5.97 Å². The number of hydrogen-bond acceptors (Lipinski definition) is 18. The van der Waals surface area contributed by atoms with Gasteiger partial charge in [-0.1, -0.05) is 0 Å².